The molecule has 0 aliphatic rings. The molecule has 6 nitrogen and oxygen atoms in total. The van der Waals surface area contributed by atoms with Gasteiger partial charge in [-0.05, 0) is 58.4 Å². The molecule has 2 unspecified atom stereocenters. The van der Waals surface area contributed by atoms with Crippen molar-refractivity contribution < 1.29 is 9.53 Å². The van der Waals surface area contributed by atoms with Crippen LogP contribution in [0.25, 0.3) is 16.2 Å². The number of rotatable bonds is 7. The Morgan fingerprint density at radius 2 is 1.97 bits per heavy atom. The number of nitrogens with one attached hydrogen (secondary N) is 1. The summed E-state index contributed by atoms with van der Waals surface area (Å²) in [5.41, 5.74) is 9.30. The molecular formula is C26H29ClN4O2S. The average molecular weight is 497 g/mol. The van der Waals surface area contributed by atoms with Crippen molar-refractivity contribution in [1.29, 1.82) is 0 Å². The summed E-state index contributed by atoms with van der Waals surface area (Å²) in [6, 6.07) is 13.8. The number of carbonyl (C=O) groups is 1. The molecule has 0 spiro atoms. The second-order valence-corrected chi connectivity index (χ2v) is 10.9. The highest BCUT2D eigenvalue weighted by Crippen LogP contribution is 2.39. The fraction of sp³-hybridized carbons (Fsp3) is 0.308. The van der Waals surface area contributed by atoms with E-state index in [9.17, 15) is 4.79 Å². The summed E-state index contributed by atoms with van der Waals surface area (Å²) in [6.07, 6.45) is 3.33. The summed E-state index contributed by atoms with van der Waals surface area (Å²) < 4.78 is 8.19. The zero-order chi connectivity index (χ0) is 24.6. The monoisotopic (exact) mass is 496 g/mol. The topological polar surface area (TPSA) is 81.7 Å². The third-order valence-corrected chi connectivity index (χ3v) is 6.99. The number of amides is 1. The van der Waals surface area contributed by atoms with Crippen LogP contribution in [-0.2, 0) is 0 Å². The summed E-state index contributed by atoms with van der Waals surface area (Å²) in [7, 11) is 0. The molecule has 178 valence electrons. The number of carbonyl (C=O) groups excluding carboxylic acids is 1. The van der Waals surface area contributed by atoms with Gasteiger partial charge in [0.25, 0.3) is 5.91 Å². The highest BCUT2D eigenvalue weighted by atomic mass is 35.5. The van der Waals surface area contributed by atoms with E-state index in [4.69, 9.17) is 22.1 Å². The summed E-state index contributed by atoms with van der Waals surface area (Å²) in [4.78, 5) is 17.8. The number of pyridine rings is 1. The molecule has 2 atom stereocenters. The van der Waals surface area contributed by atoms with Crippen LogP contribution in [0.2, 0.25) is 5.02 Å². The van der Waals surface area contributed by atoms with Crippen LogP contribution in [0.5, 0.6) is 5.75 Å². The van der Waals surface area contributed by atoms with Crippen LogP contribution in [0.1, 0.15) is 67.6 Å². The molecule has 4 aromatic rings. The van der Waals surface area contributed by atoms with Crippen molar-refractivity contribution in [2.45, 2.75) is 52.3 Å². The summed E-state index contributed by atoms with van der Waals surface area (Å²) in [5, 5.41) is 4.17. The number of hydrogen-bond acceptors (Lipinski definition) is 5. The molecule has 3 heterocycles. The zero-order valence-electron chi connectivity index (χ0n) is 19.9. The predicted molar refractivity (Wildman–Crippen MR) is 139 cm³/mol. The van der Waals surface area contributed by atoms with Crippen molar-refractivity contribution in [1.82, 2.24) is 14.7 Å². The van der Waals surface area contributed by atoms with Crippen LogP contribution in [0.3, 0.4) is 0 Å². The Morgan fingerprint density at radius 1 is 1.21 bits per heavy atom. The molecule has 0 aliphatic heterocycles. The number of ether oxygens (including phenoxy) is 1. The van der Waals surface area contributed by atoms with Crippen molar-refractivity contribution in [3.63, 3.8) is 0 Å². The molecule has 0 fully saturated rings. The van der Waals surface area contributed by atoms with Gasteiger partial charge < -0.3 is 15.8 Å². The van der Waals surface area contributed by atoms with E-state index in [2.05, 4.69) is 44.1 Å². The van der Waals surface area contributed by atoms with Crippen LogP contribution in [0.4, 0.5) is 0 Å². The maximum absolute atomic E-state index is 12.2. The minimum absolute atomic E-state index is 0.0103. The first-order valence-corrected chi connectivity index (χ1v) is 12.3. The van der Waals surface area contributed by atoms with Crippen molar-refractivity contribution in [2.24, 2.45) is 5.73 Å². The maximum Gasteiger partial charge on any atom is 0.262 e. The lowest BCUT2D eigenvalue weighted by Crippen LogP contribution is -2.37. The Balaban J connectivity index is 1.60. The molecule has 0 saturated carbocycles. The van der Waals surface area contributed by atoms with E-state index in [-0.39, 0.29) is 17.7 Å². The number of fused-ring (bicyclic) bond motifs is 1. The molecule has 0 bridgehead atoms. The van der Waals surface area contributed by atoms with Crippen LogP contribution in [-0.4, -0.2) is 20.8 Å². The zero-order valence-corrected chi connectivity index (χ0v) is 21.5. The van der Waals surface area contributed by atoms with Gasteiger partial charge in [0, 0.05) is 34.4 Å². The molecule has 3 N–H and O–H groups in total. The van der Waals surface area contributed by atoms with E-state index >= 15 is 0 Å². The Kier molecular flexibility index (Phi) is 6.71. The molecule has 34 heavy (non-hydrogen) atoms. The molecule has 3 aromatic heterocycles. The number of halogens is 1. The fourth-order valence-corrected chi connectivity index (χ4v) is 5.30. The van der Waals surface area contributed by atoms with Crippen molar-refractivity contribution in [3.05, 3.63) is 75.9 Å². The lowest BCUT2D eigenvalue weighted by atomic mass is 10.0. The summed E-state index contributed by atoms with van der Waals surface area (Å²) >= 11 is 7.94. The van der Waals surface area contributed by atoms with E-state index in [0.29, 0.717) is 15.6 Å². The minimum atomic E-state index is -0.532. The number of imidazole rings is 1. The lowest BCUT2D eigenvalue weighted by molar-refractivity contribution is 0.0998. The van der Waals surface area contributed by atoms with E-state index < -0.39 is 5.91 Å². The normalized spacial score (nSPS) is 13.7. The van der Waals surface area contributed by atoms with Crippen LogP contribution >= 0.6 is 22.9 Å². The van der Waals surface area contributed by atoms with Crippen molar-refractivity contribution in [2.75, 3.05) is 0 Å². The Labute approximate surface area is 208 Å². The van der Waals surface area contributed by atoms with Gasteiger partial charge in [-0.2, -0.15) is 0 Å². The molecule has 8 heteroatoms. The quantitative estimate of drug-likeness (QED) is 0.310. The molecule has 0 aliphatic carbocycles. The van der Waals surface area contributed by atoms with E-state index in [1.807, 2.05) is 53.9 Å². The van der Waals surface area contributed by atoms with Gasteiger partial charge in [0.2, 0.25) is 0 Å². The third kappa shape index (κ3) is 5.12. The maximum atomic E-state index is 12.2. The van der Waals surface area contributed by atoms with E-state index in [0.717, 1.165) is 27.3 Å². The largest absolute Gasteiger partial charge is 0.484 e. The lowest BCUT2D eigenvalue weighted by Gasteiger charge is -2.27. The molecule has 0 radical (unpaired) electrons. The standard InChI is InChI=1S/C26H29ClN4O2S/c1-15(30-26(3,4)5)17-9-10-18(19(27)12-17)16(2)33-21-13-22(34-24(21)25(28)32)20-14-29-23-8-6-7-11-31(20)23/h6-16,30H,1-5H3,(H2,28,32). The Morgan fingerprint density at radius 3 is 2.65 bits per heavy atom. The highest BCUT2D eigenvalue weighted by molar-refractivity contribution is 7.17. The van der Waals surface area contributed by atoms with Gasteiger partial charge in [-0.15, -0.1) is 11.3 Å². The second kappa shape index (κ2) is 9.41. The van der Waals surface area contributed by atoms with Crippen LogP contribution in [0, 0.1) is 0 Å². The van der Waals surface area contributed by atoms with Gasteiger partial charge in [-0.1, -0.05) is 29.8 Å². The van der Waals surface area contributed by atoms with Gasteiger partial charge >= 0.3 is 0 Å². The number of hydrogen-bond donors (Lipinski definition) is 2. The summed E-state index contributed by atoms with van der Waals surface area (Å²) in [5.74, 6) is -0.0930. The number of aromatic nitrogens is 2. The average Bonchev–Trinajstić information content (AvgIpc) is 3.36. The van der Waals surface area contributed by atoms with Crippen molar-refractivity contribution >= 4 is 34.5 Å². The Bertz CT molecular complexity index is 1340. The van der Waals surface area contributed by atoms with Gasteiger partial charge in [0.1, 0.15) is 22.4 Å². The van der Waals surface area contributed by atoms with E-state index in [1.165, 1.54) is 11.3 Å². The SMILES string of the molecule is CC(NC(C)(C)C)c1ccc(C(C)Oc2cc(-c3cnc4ccccn34)sc2C(N)=O)c(Cl)c1. The van der Waals surface area contributed by atoms with Crippen LogP contribution in [0.15, 0.2) is 54.9 Å². The first-order valence-electron chi connectivity index (χ1n) is 11.1. The van der Waals surface area contributed by atoms with Crippen LogP contribution < -0.4 is 15.8 Å². The Hall–Kier alpha value is -2.87. The third-order valence-electron chi connectivity index (χ3n) is 5.51. The number of primary amides is 1. The van der Waals surface area contributed by atoms with Gasteiger partial charge in [-0.3, -0.25) is 9.20 Å². The van der Waals surface area contributed by atoms with Crippen molar-refractivity contribution in [3.8, 4) is 16.3 Å². The number of nitrogens with two attached hydrogens (primary N) is 1. The molecular weight excluding hydrogens is 468 g/mol. The van der Waals surface area contributed by atoms with Gasteiger partial charge in [0.05, 0.1) is 16.8 Å². The van der Waals surface area contributed by atoms with Gasteiger partial charge in [0.15, 0.2) is 0 Å². The molecule has 1 aromatic carbocycles. The molecule has 4 rings (SSSR count). The second-order valence-electron chi connectivity index (χ2n) is 9.40. The number of thiophene rings is 1. The number of nitrogens with zero attached hydrogens (tertiary/aromatic N) is 2. The smallest absolute Gasteiger partial charge is 0.262 e. The molecule has 1 amide bonds. The highest BCUT2D eigenvalue weighted by Gasteiger charge is 2.22. The molecule has 0 saturated heterocycles. The predicted octanol–water partition coefficient (Wildman–Crippen LogP) is 6.40. The fourth-order valence-electron chi connectivity index (χ4n) is 4.00. The minimum Gasteiger partial charge on any atom is -0.484 e. The van der Waals surface area contributed by atoms with Gasteiger partial charge in [-0.25, -0.2) is 4.98 Å². The summed E-state index contributed by atoms with van der Waals surface area (Å²) in [6.45, 7) is 10.4. The number of benzene rings is 1. The van der Waals surface area contributed by atoms with E-state index in [1.54, 1.807) is 6.20 Å². The first kappa shape index (κ1) is 24.3. The first-order chi connectivity index (χ1) is 16.0.